The Labute approximate surface area is 182 Å². The number of benzene rings is 3. The van der Waals surface area contributed by atoms with Gasteiger partial charge in [0.05, 0.1) is 17.7 Å². The summed E-state index contributed by atoms with van der Waals surface area (Å²) in [6.07, 6.45) is 0. The van der Waals surface area contributed by atoms with Crippen molar-refractivity contribution in [2.45, 2.75) is 13.5 Å². The number of halogens is 1. The highest BCUT2D eigenvalue weighted by Gasteiger charge is 2.14. The summed E-state index contributed by atoms with van der Waals surface area (Å²) in [5.74, 6) is -0.807. The molecule has 0 unspecified atom stereocenters. The zero-order chi connectivity index (χ0) is 22.5. The van der Waals surface area contributed by atoms with Crippen LogP contribution in [-0.2, 0) is 11.3 Å². The zero-order valence-corrected chi connectivity index (χ0v) is 17.0. The summed E-state index contributed by atoms with van der Waals surface area (Å²) in [7, 11) is 0. The van der Waals surface area contributed by atoms with E-state index in [1.165, 1.54) is 24.3 Å². The second-order valence-corrected chi connectivity index (χ2v) is 6.72. The smallest absolute Gasteiger partial charge is 0.343 e. The van der Waals surface area contributed by atoms with Crippen LogP contribution in [0.2, 0.25) is 0 Å². The van der Waals surface area contributed by atoms with Crippen molar-refractivity contribution >= 4 is 22.9 Å². The number of ether oxygens (including phenoxy) is 3. The first-order chi connectivity index (χ1) is 15.5. The van der Waals surface area contributed by atoms with Crippen molar-refractivity contribution in [3.63, 3.8) is 0 Å². The van der Waals surface area contributed by atoms with E-state index in [-0.39, 0.29) is 17.9 Å². The highest BCUT2D eigenvalue weighted by Crippen LogP contribution is 2.25. The van der Waals surface area contributed by atoms with Crippen molar-refractivity contribution in [3.05, 3.63) is 89.4 Å². The topological polar surface area (TPSA) is 87.9 Å². The van der Waals surface area contributed by atoms with Gasteiger partial charge in [-0.1, -0.05) is 11.2 Å². The molecular formula is C24H18FNO6. The molecule has 162 valence electrons. The molecule has 0 fully saturated rings. The van der Waals surface area contributed by atoms with E-state index in [9.17, 15) is 14.0 Å². The van der Waals surface area contributed by atoms with Crippen LogP contribution in [0.4, 0.5) is 4.39 Å². The standard InChI is InChI=1S/C24H18FNO6/c1-2-29-23(27)15-6-8-18(9-7-15)30-14-21-20-11-10-19(13-22(20)32-26-21)31-24(28)16-4-3-5-17(25)12-16/h3-13H,2,14H2,1H3. The summed E-state index contributed by atoms with van der Waals surface area (Å²) in [6, 6.07) is 16.6. The molecule has 0 atom stereocenters. The maximum atomic E-state index is 13.3. The molecule has 0 N–H and O–H groups in total. The Morgan fingerprint density at radius 1 is 0.938 bits per heavy atom. The molecule has 0 aliphatic carbocycles. The second kappa shape index (κ2) is 9.30. The number of nitrogens with zero attached hydrogens (tertiary/aromatic N) is 1. The number of fused-ring (bicyclic) bond motifs is 1. The molecular weight excluding hydrogens is 417 g/mol. The summed E-state index contributed by atoms with van der Waals surface area (Å²) in [4.78, 5) is 23.9. The van der Waals surface area contributed by atoms with Crippen LogP contribution in [-0.4, -0.2) is 23.7 Å². The number of hydrogen-bond acceptors (Lipinski definition) is 7. The third kappa shape index (κ3) is 4.75. The predicted octanol–water partition coefficient (Wildman–Crippen LogP) is 4.94. The molecule has 4 aromatic rings. The number of esters is 2. The lowest BCUT2D eigenvalue weighted by Gasteiger charge is -2.06. The maximum absolute atomic E-state index is 13.3. The fourth-order valence-electron chi connectivity index (χ4n) is 2.97. The van der Waals surface area contributed by atoms with Gasteiger partial charge < -0.3 is 18.7 Å². The molecule has 4 rings (SSSR count). The lowest BCUT2D eigenvalue weighted by molar-refractivity contribution is 0.0526. The Balaban J connectivity index is 1.42. The third-order valence-electron chi connectivity index (χ3n) is 4.53. The zero-order valence-electron chi connectivity index (χ0n) is 17.0. The van der Waals surface area contributed by atoms with Crippen molar-refractivity contribution in [1.29, 1.82) is 0 Å². The summed E-state index contributed by atoms with van der Waals surface area (Å²) >= 11 is 0. The van der Waals surface area contributed by atoms with Gasteiger partial charge in [0, 0.05) is 11.5 Å². The number of rotatable bonds is 7. The summed E-state index contributed by atoms with van der Waals surface area (Å²) < 4.78 is 34.6. The number of hydrogen-bond donors (Lipinski definition) is 0. The molecule has 32 heavy (non-hydrogen) atoms. The highest BCUT2D eigenvalue weighted by molar-refractivity contribution is 5.92. The van der Waals surface area contributed by atoms with Gasteiger partial charge in [-0.2, -0.15) is 0 Å². The van der Waals surface area contributed by atoms with E-state index in [0.717, 1.165) is 6.07 Å². The van der Waals surface area contributed by atoms with E-state index in [1.807, 2.05) is 0 Å². The van der Waals surface area contributed by atoms with Crippen LogP contribution in [0.5, 0.6) is 11.5 Å². The number of carbonyl (C=O) groups excluding carboxylic acids is 2. The summed E-state index contributed by atoms with van der Waals surface area (Å²) in [6.45, 7) is 2.19. The second-order valence-electron chi connectivity index (χ2n) is 6.72. The van der Waals surface area contributed by atoms with Crippen molar-refractivity contribution in [3.8, 4) is 11.5 Å². The molecule has 3 aromatic carbocycles. The van der Waals surface area contributed by atoms with Gasteiger partial charge in [0.25, 0.3) is 0 Å². The van der Waals surface area contributed by atoms with Gasteiger partial charge in [0.1, 0.15) is 29.6 Å². The number of aromatic nitrogens is 1. The van der Waals surface area contributed by atoms with Crippen LogP contribution in [0.25, 0.3) is 11.0 Å². The monoisotopic (exact) mass is 435 g/mol. The first kappa shape index (κ1) is 21.0. The van der Waals surface area contributed by atoms with Crippen molar-refractivity contribution < 1.29 is 32.7 Å². The third-order valence-corrected chi connectivity index (χ3v) is 4.53. The van der Waals surface area contributed by atoms with Crippen LogP contribution in [0.1, 0.15) is 33.3 Å². The van der Waals surface area contributed by atoms with Crippen LogP contribution in [0.3, 0.4) is 0 Å². The Morgan fingerprint density at radius 3 is 2.47 bits per heavy atom. The highest BCUT2D eigenvalue weighted by atomic mass is 19.1. The van der Waals surface area contributed by atoms with Crippen LogP contribution in [0.15, 0.2) is 71.3 Å². The van der Waals surface area contributed by atoms with E-state index in [4.69, 9.17) is 18.7 Å². The average molecular weight is 435 g/mol. The number of carbonyl (C=O) groups is 2. The predicted molar refractivity (Wildman–Crippen MR) is 112 cm³/mol. The summed E-state index contributed by atoms with van der Waals surface area (Å²) in [5, 5.41) is 4.70. The Hall–Kier alpha value is -4.20. The lowest BCUT2D eigenvalue weighted by atomic mass is 10.2. The minimum atomic E-state index is -0.682. The first-order valence-electron chi connectivity index (χ1n) is 9.79. The molecule has 0 aliphatic heterocycles. The van der Waals surface area contributed by atoms with E-state index < -0.39 is 17.8 Å². The first-order valence-corrected chi connectivity index (χ1v) is 9.79. The lowest BCUT2D eigenvalue weighted by Crippen LogP contribution is -2.08. The molecule has 0 saturated carbocycles. The minimum Gasteiger partial charge on any atom is -0.487 e. The summed E-state index contributed by atoms with van der Waals surface area (Å²) in [5.41, 5.74) is 1.50. The fourth-order valence-corrected chi connectivity index (χ4v) is 2.97. The molecule has 0 amide bonds. The van der Waals surface area contributed by atoms with E-state index in [2.05, 4.69) is 5.16 Å². The van der Waals surface area contributed by atoms with Crippen LogP contribution >= 0.6 is 0 Å². The fraction of sp³-hybridized carbons (Fsp3) is 0.125. The van der Waals surface area contributed by atoms with E-state index >= 15 is 0 Å². The molecule has 7 nitrogen and oxygen atoms in total. The normalized spacial score (nSPS) is 10.7. The maximum Gasteiger partial charge on any atom is 0.343 e. The van der Waals surface area contributed by atoms with Gasteiger partial charge in [-0.05, 0) is 61.5 Å². The molecule has 0 aliphatic rings. The quantitative estimate of drug-likeness (QED) is 0.300. The Kier molecular flexibility index (Phi) is 6.12. The van der Waals surface area contributed by atoms with Crippen molar-refractivity contribution in [2.24, 2.45) is 0 Å². The molecule has 0 bridgehead atoms. The average Bonchev–Trinajstić information content (AvgIpc) is 3.20. The molecule has 8 heteroatoms. The molecule has 0 saturated heterocycles. The van der Waals surface area contributed by atoms with Gasteiger partial charge in [0.15, 0.2) is 5.58 Å². The van der Waals surface area contributed by atoms with Gasteiger partial charge in [0.2, 0.25) is 0 Å². The molecule has 0 spiro atoms. The minimum absolute atomic E-state index is 0.103. The van der Waals surface area contributed by atoms with Crippen LogP contribution in [0, 0.1) is 5.82 Å². The SMILES string of the molecule is CCOC(=O)c1ccc(OCc2noc3cc(OC(=O)c4cccc(F)c4)ccc23)cc1. The largest absolute Gasteiger partial charge is 0.487 e. The molecule has 1 heterocycles. The van der Waals surface area contributed by atoms with Crippen LogP contribution < -0.4 is 9.47 Å². The Bertz CT molecular complexity index is 1270. The van der Waals surface area contributed by atoms with Gasteiger partial charge in [-0.3, -0.25) is 0 Å². The van der Waals surface area contributed by atoms with E-state index in [1.54, 1.807) is 43.3 Å². The van der Waals surface area contributed by atoms with E-state index in [0.29, 0.717) is 34.6 Å². The molecule has 0 radical (unpaired) electrons. The van der Waals surface area contributed by atoms with Gasteiger partial charge >= 0.3 is 11.9 Å². The van der Waals surface area contributed by atoms with Crippen molar-refractivity contribution in [1.82, 2.24) is 5.16 Å². The van der Waals surface area contributed by atoms with Crippen molar-refractivity contribution in [2.75, 3.05) is 6.61 Å². The molecule has 1 aromatic heterocycles. The van der Waals surface area contributed by atoms with Gasteiger partial charge in [-0.25, -0.2) is 14.0 Å². The van der Waals surface area contributed by atoms with Gasteiger partial charge in [-0.15, -0.1) is 0 Å². The Morgan fingerprint density at radius 2 is 1.72 bits per heavy atom.